The number of sulfonamides is 1. The van der Waals surface area contributed by atoms with Crippen molar-refractivity contribution in [3.63, 3.8) is 0 Å². The third-order valence-corrected chi connectivity index (χ3v) is 7.44. The van der Waals surface area contributed by atoms with Crippen LogP contribution in [0.25, 0.3) is 0 Å². The average molecular weight is 421 g/mol. The lowest BCUT2D eigenvalue weighted by atomic mass is 9.82. The molecular formula is C21H28N2O5S. The van der Waals surface area contributed by atoms with Crippen LogP contribution in [-0.4, -0.2) is 38.8 Å². The number of piperidine rings is 1. The van der Waals surface area contributed by atoms with E-state index >= 15 is 0 Å². The van der Waals surface area contributed by atoms with E-state index in [0.29, 0.717) is 44.0 Å². The Balaban J connectivity index is 1.59. The second-order valence-electron chi connectivity index (χ2n) is 7.32. The van der Waals surface area contributed by atoms with Crippen LogP contribution in [0.3, 0.4) is 0 Å². The third kappa shape index (κ3) is 5.19. The van der Waals surface area contributed by atoms with Crippen LogP contribution in [0.1, 0.15) is 31.9 Å². The lowest BCUT2D eigenvalue weighted by Crippen LogP contribution is -2.44. The number of amides is 1. The van der Waals surface area contributed by atoms with Crippen molar-refractivity contribution in [1.82, 2.24) is 9.62 Å². The molecule has 0 spiro atoms. The molecule has 2 heterocycles. The van der Waals surface area contributed by atoms with Gasteiger partial charge in [0.15, 0.2) is 0 Å². The first kappa shape index (κ1) is 21.4. The second-order valence-corrected chi connectivity index (χ2v) is 9.25. The van der Waals surface area contributed by atoms with Gasteiger partial charge in [0, 0.05) is 19.5 Å². The lowest BCUT2D eigenvalue weighted by molar-refractivity contribution is -0.123. The van der Waals surface area contributed by atoms with Crippen LogP contribution in [0.2, 0.25) is 0 Å². The second kappa shape index (κ2) is 9.45. The molecule has 0 saturated carbocycles. The normalized spacial score (nSPS) is 20.3. The van der Waals surface area contributed by atoms with E-state index in [9.17, 15) is 13.2 Å². The van der Waals surface area contributed by atoms with E-state index in [4.69, 9.17) is 9.15 Å². The molecule has 0 unspecified atom stereocenters. The molecule has 1 amide bonds. The summed E-state index contributed by atoms with van der Waals surface area (Å²) in [5, 5.41) is 2.88. The number of furan rings is 1. The maximum atomic E-state index is 13.0. The summed E-state index contributed by atoms with van der Waals surface area (Å²) in [6, 6.07) is 10.1. The Kier molecular flexibility index (Phi) is 6.97. The highest BCUT2D eigenvalue weighted by Crippen LogP contribution is 2.32. The molecule has 1 aromatic heterocycles. The molecule has 0 bridgehead atoms. The Morgan fingerprint density at radius 1 is 1.24 bits per heavy atom. The maximum Gasteiger partial charge on any atom is 0.243 e. The van der Waals surface area contributed by atoms with Crippen molar-refractivity contribution in [3.8, 4) is 5.75 Å². The van der Waals surface area contributed by atoms with Gasteiger partial charge in [-0.15, -0.1) is 0 Å². The molecule has 29 heavy (non-hydrogen) atoms. The van der Waals surface area contributed by atoms with Crippen molar-refractivity contribution in [1.29, 1.82) is 0 Å². The molecule has 1 aliphatic heterocycles. The predicted octanol–water partition coefficient (Wildman–Crippen LogP) is 3.03. The molecule has 7 nitrogen and oxygen atoms in total. The van der Waals surface area contributed by atoms with E-state index in [1.54, 1.807) is 48.0 Å². The molecule has 0 radical (unpaired) electrons. The number of carbonyl (C=O) groups excluding carboxylic acids is 1. The van der Waals surface area contributed by atoms with Crippen LogP contribution in [0.4, 0.5) is 0 Å². The van der Waals surface area contributed by atoms with E-state index in [1.165, 1.54) is 0 Å². The summed E-state index contributed by atoms with van der Waals surface area (Å²) in [5.41, 5.74) is 0. The number of ether oxygens (including phenoxy) is 1. The number of hydrogen-bond acceptors (Lipinski definition) is 5. The summed E-state index contributed by atoms with van der Waals surface area (Å²) in [5.74, 6) is 1.61. The predicted molar refractivity (Wildman–Crippen MR) is 109 cm³/mol. The van der Waals surface area contributed by atoms with Gasteiger partial charge in [0.25, 0.3) is 0 Å². The highest BCUT2D eigenvalue weighted by Gasteiger charge is 2.35. The summed E-state index contributed by atoms with van der Waals surface area (Å²) in [6.45, 7) is 3.26. The summed E-state index contributed by atoms with van der Waals surface area (Å²) >= 11 is 0. The van der Waals surface area contributed by atoms with E-state index in [2.05, 4.69) is 5.32 Å². The fourth-order valence-corrected chi connectivity index (χ4v) is 5.31. The van der Waals surface area contributed by atoms with Gasteiger partial charge in [0.1, 0.15) is 11.5 Å². The number of methoxy groups -OCH3 is 1. The first-order valence-corrected chi connectivity index (χ1v) is 11.3. The lowest BCUT2D eigenvalue weighted by Gasteiger charge is -2.37. The van der Waals surface area contributed by atoms with Gasteiger partial charge in [-0.1, -0.05) is 13.3 Å². The zero-order valence-electron chi connectivity index (χ0n) is 16.8. The van der Waals surface area contributed by atoms with Crippen molar-refractivity contribution in [2.75, 3.05) is 20.2 Å². The monoisotopic (exact) mass is 420 g/mol. The average Bonchev–Trinajstić information content (AvgIpc) is 3.26. The Hall–Kier alpha value is -2.32. The van der Waals surface area contributed by atoms with Gasteiger partial charge in [-0.25, -0.2) is 8.42 Å². The van der Waals surface area contributed by atoms with Crippen LogP contribution in [0.15, 0.2) is 52.0 Å². The van der Waals surface area contributed by atoms with E-state index in [-0.39, 0.29) is 22.6 Å². The van der Waals surface area contributed by atoms with Crippen LogP contribution in [0, 0.1) is 11.8 Å². The molecular weight excluding hydrogens is 392 g/mol. The smallest absolute Gasteiger partial charge is 0.243 e. The zero-order valence-corrected chi connectivity index (χ0v) is 17.7. The molecule has 8 heteroatoms. The topological polar surface area (TPSA) is 88.8 Å². The molecule has 1 aliphatic rings. The Morgan fingerprint density at radius 3 is 2.62 bits per heavy atom. The molecule has 1 N–H and O–H groups in total. The first-order valence-electron chi connectivity index (χ1n) is 9.87. The van der Waals surface area contributed by atoms with Gasteiger partial charge in [-0.2, -0.15) is 4.31 Å². The molecule has 1 aromatic carbocycles. The standard InChI is InChI=1S/C21H28N2O5S/c1-3-16-15-23(29(25,26)20-8-6-18(27-2)7-9-20)11-10-17(16)13-21(24)22-14-19-5-4-12-28-19/h4-9,12,16-17H,3,10-11,13-15H2,1-2H3,(H,22,24)/t16-,17-/m0/s1. The minimum atomic E-state index is -3.56. The summed E-state index contributed by atoms with van der Waals surface area (Å²) < 4.78 is 37.9. The number of nitrogens with zero attached hydrogens (tertiary/aromatic N) is 1. The fourth-order valence-electron chi connectivity index (χ4n) is 3.80. The minimum absolute atomic E-state index is 0.0312. The van der Waals surface area contributed by atoms with Crippen LogP contribution < -0.4 is 10.1 Å². The van der Waals surface area contributed by atoms with Crippen LogP contribution in [-0.2, 0) is 21.4 Å². The van der Waals surface area contributed by atoms with Gasteiger partial charge in [-0.05, 0) is 54.7 Å². The summed E-state index contributed by atoms with van der Waals surface area (Å²) in [6.07, 6.45) is 3.47. The van der Waals surface area contributed by atoms with E-state index < -0.39 is 10.0 Å². The van der Waals surface area contributed by atoms with E-state index in [0.717, 1.165) is 6.42 Å². The zero-order chi connectivity index (χ0) is 20.9. The van der Waals surface area contributed by atoms with E-state index in [1.807, 2.05) is 13.0 Å². The van der Waals surface area contributed by atoms with Crippen LogP contribution in [0.5, 0.6) is 5.75 Å². The quantitative estimate of drug-likeness (QED) is 0.709. The van der Waals surface area contributed by atoms with Gasteiger partial charge in [-0.3, -0.25) is 4.79 Å². The van der Waals surface area contributed by atoms with Crippen LogP contribution >= 0.6 is 0 Å². The van der Waals surface area contributed by atoms with Crippen molar-refractivity contribution < 1.29 is 22.4 Å². The maximum absolute atomic E-state index is 13.0. The summed E-state index contributed by atoms with van der Waals surface area (Å²) in [7, 11) is -2.01. The Labute approximate surface area is 172 Å². The largest absolute Gasteiger partial charge is 0.497 e. The Bertz CT molecular complexity index is 894. The number of carbonyl (C=O) groups is 1. The molecule has 0 aliphatic carbocycles. The van der Waals surface area contributed by atoms with Gasteiger partial charge in [0.05, 0.1) is 24.8 Å². The van der Waals surface area contributed by atoms with Crippen molar-refractivity contribution in [3.05, 3.63) is 48.4 Å². The van der Waals surface area contributed by atoms with Gasteiger partial charge in [0.2, 0.25) is 15.9 Å². The highest BCUT2D eigenvalue weighted by atomic mass is 32.2. The summed E-state index contributed by atoms with van der Waals surface area (Å²) in [4.78, 5) is 12.6. The number of hydrogen-bond donors (Lipinski definition) is 1. The van der Waals surface area contributed by atoms with Gasteiger partial charge >= 0.3 is 0 Å². The molecule has 1 fully saturated rings. The van der Waals surface area contributed by atoms with Crippen molar-refractivity contribution in [2.45, 2.75) is 37.6 Å². The Morgan fingerprint density at radius 2 is 2.00 bits per heavy atom. The molecule has 2 aromatic rings. The molecule has 2 atom stereocenters. The SMILES string of the molecule is CC[C@H]1CN(S(=O)(=O)c2ccc(OC)cc2)CC[C@H]1CC(=O)NCc1ccco1. The number of benzene rings is 1. The first-order chi connectivity index (χ1) is 13.9. The number of rotatable bonds is 8. The van der Waals surface area contributed by atoms with Gasteiger partial charge < -0.3 is 14.5 Å². The molecule has 1 saturated heterocycles. The molecule has 3 rings (SSSR count). The highest BCUT2D eigenvalue weighted by molar-refractivity contribution is 7.89. The van der Waals surface area contributed by atoms with Crippen molar-refractivity contribution >= 4 is 15.9 Å². The third-order valence-electron chi connectivity index (χ3n) is 5.56. The molecule has 158 valence electrons. The minimum Gasteiger partial charge on any atom is -0.497 e. The number of nitrogens with one attached hydrogen (secondary N) is 1. The van der Waals surface area contributed by atoms with Crippen molar-refractivity contribution in [2.24, 2.45) is 11.8 Å². The fraction of sp³-hybridized carbons (Fsp3) is 0.476.